The molecule has 0 bridgehead atoms. The summed E-state index contributed by atoms with van der Waals surface area (Å²) in [6.07, 6.45) is 1.99. The van der Waals surface area contributed by atoms with Crippen LogP contribution in [0.3, 0.4) is 0 Å². The molecule has 0 aromatic heterocycles. The molecule has 1 heterocycles. The molecule has 1 aliphatic heterocycles. The molecule has 1 aliphatic rings. The highest BCUT2D eigenvalue weighted by atomic mass is 16.1. The predicted molar refractivity (Wildman–Crippen MR) is 90.3 cm³/mol. The molecule has 0 spiro atoms. The number of para-hydroxylation sites is 1. The Morgan fingerprint density at radius 2 is 1.77 bits per heavy atom. The normalized spacial score (nSPS) is 15.6. The Hall–Kier alpha value is -2.29. The van der Waals surface area contributed by atoms with Crippen molar-refractivity contribution in [2.45, 2.75) is 25.8 Å². The molecular weight excluding hydrogens is 272 g/mol. The first-order valence-electron chi connectivity index (χ1n) is 7.90. The third-order valence-corrected chi connectivity index (χ3v) is 4.23. The summed E-state index contributed by atoms with van der Waals surface area (Å²) in [5, 5.41) is 3.17. The molecule has 1 amide bonds. The number of nitrogens with zero attached hydrogens (tertiary/aromatic N) is 1. The molecular formula is C19H22N2O. The number of benzene rings is 2. The van der Waals surface area contributed by atoms with Crippen molar-refractivity contribution in [3.05, 3.63) is 65.7 Å². The summed E-state index contributed by atoms with van der Waals surface area (Å²) in [7, 11) is 0. The van der Waals surface area contributed by atoms with E-state index in [1.165, 1.54) is 5.69 Å². The molecule has 3 nitrogen and oxygen atoms in total. The molecule has 22 heavy (non-hydrogen) atoms. The molecule has 114 valence electrons. The minimum atomic E-state index is 0.0434. The average Bonchev–Trinajstić information content (AvgIpc) is 2.56. The van der Waals surface area contributed by atoms with Crippen molar-refractivity contribution < 1.29 is 4.79 Å². The van der Waals surface area contributed by atoms with Crippen LogP contribution in [0.15, 0.2) is 54.6 Å². The Balaban J connectivity index is 1.55. The Bertz CT molecular complexity index is 631. The molecule has 2 aromatic carbocycles. The first kappa shape index (κ1) is 14.6. The van der Waals surface area contributed by atoms with Crippen molar-refractivity contribution in [2.75, 3.05) is 18.0 Å². The average molecular weight is 294 g/mol. The highest BCUT2D eigenvalue weighted by Gasteiger charge is 2.21. The molecule has 1 N–H and O–H groups in total. The van der Waals surface area contributed by atoms with Gasteiger partial charge < -0.3 is 10.2 Å². The molecule has 0 radical (unpaired) electrons. The first-order chi connectivity index (χ1) is 10.7. The molecule has 3 rings (SSSR count). The van der Waals surface area contributed by atoms with Crippen molar-refractivity contribution in [3.8, 4) is 0 Å². The molecule has 1 fully saturated rings. The first-order valence-corrected chi connectivity index (χ1v) is 7.90. The molecule has 1 saturated heterocycles. The van der Waals surface area contributed by atoms with Crippen LogP contribution in [0.25, 0.3) is 0 Å². The number of amides is 1. The van der Waals surface area contributed by atoms with E-state index in [-0.39, 0.29) is 11.9 Å². The van der Waals surface area contributed by atoms with Crippen LogP contribution in [0.1, 0.15) is 28.8 Å². The summed E-state index contributed by atoms with van der Waals surface area (Å²) >= 11 is 0. The van der Waals surface area contributed by atoms with Gasteiger partial charge in [0.2, 0.25) is 0 Å². The predicted octanol–water partition coefficient (Wildman–Crippen LogP) is 3.39. The standard InChI is InChI=1S/C19H22N2O/c1-15-6-5-7-16(14-15)19(22)20-17-10-12-21(13-11-17)18-8-3-2-4-9-18/h2-9,14,17H,10-13H2,1H3,(H,20,22). The van der Waals surface area contributed by atoms with Crippen LogP contribution < -0.4 is 10.2 Å². The maximum Gasteiger partial charge on any atom is 0.251 e. The van der Waals surface area contributed by atoms with E-state index in [0.29, 0.717) is 0 Å². The number of nitrogens with one attached hydrogen (secondary N) is 1. The van der Waals surface area contributed by atoms with E-state index in [1.54, 1.807) is 0 Å². The number of piperidine rings is 1. The van der Waals surface area contributed by atoms with E-state index in [1.807, 2.05) is 37.3 Å². The summed E-state index contributed by atoms with van der Waals surface area (Å²) in [5.41, 5.74) is 3.14. The molecule has 0 saturated carbocycles. The second-order valence-corrected chi connectivity index (χ2v) is 5.94. The van der Waals surface area contributed by atoms with Gasteiger partial charge in [0.1, 0.15) is 0 Å². The number of hydrogen-bond donors (Lipinski definition) is 1. The minimum Gasteiger partial charge on any atom is -0.371 e. The number of rotatable bonds is 3. The maximum absolute atomic E-state index is 12.3. The lowest BCUT2D eigenvalue weighted by atomic mass is 10.0. The fraction of sp³-hybridized carbons (Fsp3) is 0.316. The second kappa shape index (κ2) is 6.65. The summed E-state index contributed by atoms with van der Waals surface area (Å²) in [5.74, 6) is 0.0434. The molecule has 3 heteroatoms. The summed E-state index contributed by atoms with van der Waals surface area (Å²) in [4.78, 5) is 14.7. The fourth-order valence-electron chi connectivity index (χ4n) is 2.98. The minimum absolute atomic E-state index is 0.0434. The number of carbonyl (C=O) groups is 1. The van der Waals surface area contributed by atoms with Crippen molar-refractivity contribution in [2.24, 2.45) is 0 Å². The Labute approximate surface area is 132 Å². The quantitative estimate of drug-likeness (QED) is 0.941. The SMILES string of the molecule is Cc1cccc(C(=O)NC2CCN(c3ccccc3)CC2)c1. The van der Waals surface area contributed by atoms with Gasteiger partial charge in [0.25, 0.3) is 5.91 Å². The van der Waals surface area contributed by atoms with Gasteiger partial charge in [-0.05, 0) is 44.0 Å². The van der Waals surface area contributed by atoms with E-state index >= 15 is 0 Å². The van der Waals surface area contributed by atoms with Gasteiger partial charge in [-0.1, -0.05) is 35.9 Å². The van der Waals surface area contributed by atoms with Crippen molar-refractivity contribution in [1.82, 2.24) is 5.32 Å². The highest BCUT2D eigenvalue weighted by molar-refractivity contribution is 5.94. The van der Waals surface area contributed by atoms with Crippen LogP contribution in [-0.2, 0) is 0 Å². The Morgan fingerprint density at radius 1 is 1.05 bits per heavy atom. The van der Waals surface area contributed by atoms with Gasteiger partial charge >= 0.3 is 0 Å². The summed E-state index contributed by atoms with van der Waals surface area (Å²) in [6.45, 7) is 3.99. The number of hydrogen-bond acceptors (Lipinski definition) is 2. The molecule has 0 atom stereocenters. The third kappa shape index (κ3) is 3.48. The molecule has 0 unspecified atom stereocenters. The van der Waals surface area contributed by atoms with Gasteiger partial charge in [-0.25, -0.2) is 0 Å². The van der Waals surface area contributed by atoms with E-state index in [4.69, 9.17) is 0 Å². The molecule has 0 aliphatic carbocycles. The summed E-state index contributed by atoms with van der Waals surface area (Å²) in [6, 6.07) is 18.5. The monoisotopic (exact) mass is 294 g/mol. The van der Waals surface area contributed by atoms with E-state index in [0.717, 1.165) is 37.1 Å². The lowest BCUT2D eigenvalue weighted by Crippen LogP contribution is -2.44. The largest absolute Gasteiger partial charge is 0.371 e. The topological polar surface area (TPSA) is 32.3 Å². The smallest absolute Gasteiger partial charge is 0.251 e. The number of anilines is 1. The lowest BCUT2D eigenvalue weighted by Gasteiger charge is -2.34. The summed E-state index contributed by atoms with van der Waals surface area (Å²) < 4.78 is 0. The van der Waals surface area contributed by atoms with Gasteiger partial charge in [0, 0.05) is 30.4 Å². The zero-order valence-electron chi connectivity index (χ0n) is 13.0. The van der Waals surface area contributed by atoms with E-state index in [2.05, 4.69) is 34.5 Å². The Morgan fingerprint density at radius 3 is 2.45 bits per heavy atom. The van der Waals surface area contributed by atoms with Crippen molar-refractivity contribution >= 4 is 11.6 Å². The zero-order valence-corrected chi connectivity index (χ0v) is 13.0. The van der Waals surface area contributed by atoms with Crippen molar-refractivity contribution in [1.29, 1.82) is 0 Å². The van der Waals surface area contributed by atoms with Crippen LogP contribution in [0.2, 0.25) is 0 Å². The van der Waals surface area contributed by atoms with Gasteiger partial charge in [-0.2, -0.15) is 0 Å². The highest BCUT2D eigenvalue weighted by Crippen LogP contribution is 2.19. The van der Waals surface area contributed by atoms with Gasteiger partial charge in [0.05, 0.1) is 0 Å². The van der Waals surface area contributed by atoms with Gasteiger partial charge in [-0.15, -0.1) is 0 Å². The van der Waals surface area contributed by atoms with Crippen LogP contribution in [0.5, 0.6) is 0 Å². The third-order valence-electron chi connectivity index (χ3n) is 4.23. The van der Waals surface area contributed by atoms with Crippen LogP contribution in [0.4, 0.5) is 5.69 Å². The van der Waals surface area contributed by atoms with Crippen LogP contribution >= 0.6 is 0 Å². The second-order valence-electron chi connectivity index (χ2n) is 5.94. The van der Waals surface area contributed by atoms with Crippen LogP contribution in [0, 0.1) is 6.92 Å². The van der Waals surface area contributed by atoms with E-state index < -0.39 is 0 Å². The van der Waals surface area contributed by atoms with Gasteiger partial charge in [-0.3, -0.25) is 4.79 Å². The Kier molecular flexibility index (Phi) is 4.42. The number of aryl methyl sites for hydroxylation is 1. The molecule has 2 aromatic rings. The fourth-order valence-corrected chi connectivity index (χ4v) is 2.98. The van der Waals surface area contributed by atoms with Gasteiger partial charge in [0.15, 0.2) is 0 Å². The lowest BCUT2D eigenvalue weighted by molar-refractivity contribution is 0.0931. The zero-order chi connectivity index (χ0) is 15.4. The number of carbonyl (C=O) groups excluding carboxylic acids is 1. The van der Waals surface area contributed by atoms with Crippen molar-refractivity contribution in [3.63, 3.8) is 0 Å². The van der Waals surface area contributed by atoms with E-state index in [9.17, 15) is 4.79 Å². The van der Waals surface area contributed by atoms with Crippen LogP contribution in [-0.4, -0.2) is 25.0 Å². The maximum atomic E-state index is 12.3.